The predicted molar refractivity (Wildman–Crippen MR) is 93.2 cm³/mol. The SMILES string of the molecule is C=CC(=O)OCCCCCCCCCC[Si](CC)(OC)OC. The first-order valence-electron chi connectivity index (χ1n) is 8.53. The number of hydrogen-bond acceptors (Lipinski definition) is 4. The van der Waals surface area contributed by atoms with Crippen molar-refractivity contribution in [2.24, 2.45) is 0 Å². The minimum Gasteiger partial charge on any atom is -0.463 e. The molecule has 0 atom stereocenters. The molecule has 0 aliphatic heterocycles. The molecule has 0 heterocycles. The maximum Gasteiger partial charge on any atom is 0.337 e. The van der Waals surface area contributed by atoms with Crippen molar-refractivity contribution in [3.63, 3.8) is 0 Å². The van der Waals surface area contributed by atoms with Gasteiger partial charge in [0, 0.05) is 20.3 Å². The minimum atomic E-state index is -1.87. The highest BCUT2D eigenvalue weighted by molar-refractivity contribution is 6.67. The van der Waals surface area contributed by atoms with E-state index in [1.165, 1.54) is 44.6 Å². The average Bonchev–Trinajstić information content (AvgIpc) is 2.56. The molecule has 0 spiro atoms. The molecular weight excluding hydrogens is 296 g/mol. The van der Waals surface area contributed by atoms with Gasteiger partial charge in [-0.05, 0) is 18.5 Å². The summed E-state index contributed by atoms with van der Waals surface area (Å²) in [6.07, 6.45) is 10.8. The predicted octanol–water partition coefficient (Wildman–Crippen LogP) is 4.59. The van der Waals surface area contributed by atoms with Gasteiger partial charge in [-0.1, -0.05) is 58.4 Å². The van der Waals surface area contributed by atoms with E-state index in [4.69, 9.17) is 13.6 Å². The first-order valence-corrected chi connectivity index (χ1v) is 10.8. The molecule has 22 heavy (non-hydrogen) atoms. The van der Waals surface area contributed by atoms with Crippen LogP contribution in [0.25, 0.3) is 0 Å². The number of hydrogen-bond donors (Lipinski definition) is 0. The third kappa shape index (κ3) is 10.1. The Bertz CT molecular complexity index is 282. The first kappa shape index (κ1) is 21.3. The number of carbonyl (C=O) groups is 1. The van der Waals surface area contributed by atoms with Crippen molar-refractivity contribution in [1.29, 1.82) is 0 Å². The Labute approximate surface area is 137 Å². The van der Waals surface area contributed by atoms with Gasteiger partial charge in [-0.2, -0.15) is 0 Å². The van der Waals surface area contributed by atoms with Crippen LogP contribution in [0.1, 0.15) is 58.3 Å². The summed E-state index contributed by atoms with van der Waals surface area (Å²) in [5, 5.41) is 0. The van der Waals surface area contributed by atoms with Gasteiger partial charge >= 0.3 is 14.5 Å². The van der Waals surface area contributed by atoms with E-state index in [0.717, 1.165) is 24.9 Å². The molecule has 0 saturated carbocycles. The van der Waals surface area contributed by atoms with Crippen molar-refractivity contribution in [2.45, 2.75) is 70.4 Å². The molecule has 0 N–H and O–H groups in total. The van der Waals surface area contributed by atoms with Crippen LogP contribution >= 0.6 is 0 Å². The Morgan fingerprint density at radius 1 is 0.955 bits per heavy atom. The van der Waals surface area contributed by atoms with Crippen LogP contribution < -0.4 is 0 Å². The number of esters is 1. The molecule has 0 radical (unpaired) electrons. The summed E-state index contributed by atoms with van der Waals surface area (Å²) >= 11 is 0. The topological polar surface area (TPSA) is 44.8 Å². The number of unbranched alkanes of at least 4 members (excludes halogenated alkanes) is 7. The summed E-state index contributed by atoms with van der Waals surface area (Å²) < 4.78 is 16.2. The smallest absolute Gasteiger partial charge is 0.337 e. The highest BCUT2D eigenvalue weighted by atomic mass is 28.4. The van der Waals surface area contributed by atoms with Crippen LogP contribution in [0.4, 0.5) is 0 Å². The van der Waals surface area contributed by atoms with Gasteiger partial charge in [0.05, 0.1) is 6.61 Å². The number of carbonyl (C=O) groups excluding carboxylic acids is 1. The van der Waals surface area contributed by atoms with Gasteiger partial charge in [0.25, 0.3) is 0 Å². The van der Waals surface area contributed by atoms with E-state index in [9.17, 15) is 4.79 Å². The van der Waals surface area contributed by atoms with Gasteiger partial charge < -0.3 is 13.6 Å². The highest BCUT2D eigenvalue weighted by Gasteiger charge is 2.32. The van der Waals surface area contributed by atoms with E-state index in [-0.39, 0.29) is 5.97 Å². The molecule has 0 rings (SSSR count). The highest BCUT2D eigenvalue weighted by Crippen LogP contribution is 2.21. The quantitative estimate of drug-likeness (QED) is 0.191. The second-order valence-electron chi connectivity index (χ2n) is 5.62. The van der Waals surface area contributed by atoms with Crippen LogP contribution in [-0.4, -0.2) is 35.4 Å². The maximum atomic E-state index is 10.8. The summed E-state index contributed by atoms with van der Waals surface area (Å²) in [5.41, 5.74) is 0. The van der Waals surface area contributed by atoms with Gasteiger partial charge in [0.1, 0.15) is 0 Å². The van der Waals surface area contributed by atoms with Crippen LogP contribution in [0.2, 0.25) is 12.1 Å². The van der Waals surface area contributed by atoms with Crippen molar-refractivity contribution in [3.8, 4) is 0 Å². The van der Waals surface area contributed by atoms with Crippen molar-refractivity contribution >= 4 is 14.5 Å². The zero-order valence-electron chi connectivity index (χ0n) is 14.7. The van der Waals surface area contributed by atoms with E-state index < -0.39 is 8.56 Å². The fourth-order valence-corrected chi connectivity index (χ4v) is 4.84. The van der Waals surface area contributed by atoms with Crippen LogP contribution in [0.3, 0.4) is 0 Å². The molecule has 0 fully saturated rings. The second-order valence-corrected chi connectivity index (χ2v) is 9.47. The lowest BCUT2D eigenvalue weighted by molar-refractivity contribution is -0.137. The molecule has 0 aromatic carbocycles. The molecule has 5 heteroatoms. The van der Waals surface area contributed by atoms with Gasteiger partial charge in [-0.25, -0.2) is 4.79 Å². The fraction of sp³-hybridized carbons (Fsp3) is 0.824. The molecule has 0 bridgehead atoms. The molecule has 0 unspecified atom stereocenters. The molecule has 0 aromatic heterocycles. The normalized spacial score (nSPS) is 11.4. The van der Waals surface area contributed by atoms with Crippen molar-refractivity contribution in [2.75, 3.05) is 20.8 Å². The molecule has 4 nitrogen and oxygen atoms in total. The molecule has 0 saturated heterocycles. The zero-order chi connectivity index (χ0) is 16.7. The summed E-state index contributed by atoms with van der Waals surface area (Å²) in [7, 11) is 1.70. The van der Waals surface area contributed by atoms with Crippen LogP contribution in [0, 0.1) is 0 Å². The van der Waals surface area contributed by atoms with Gasteiger partial charge in [0.2, 0.25) is 0 Å². The van der Waals surface area contributed by atoms with Gasteiger partial charge in [-0.15, -0.1) is 0 Å². The third-order valence-electron chi connectivity index (χ3n) is 4.15. The lowest BCUT2D eigenvalue weighted by Crippen LogP contribution is -2.38. The monoisotopic (exact) mass is 330 g/mol. The van der Waals surface area contributed by atoms with Gasteiger partial charge in [-0.3, -0.25) is 0 Å². The standard InChI is InChI=1S/C17H34O4Si/c1-5-17(18)21-15-13-11-9-7-8-10-12-14-16-22(6-2,19-3)20-4/h5H,1,6-16H2,2-4H3. The Kier molecular flexibility index (Phi) is 13.6. The number of rotatable bonds is 15. The average molecular weight is 331 g/mol. The van der Waals surface area contributed by atoms with Crippen LogP contribution in [0.5, 0.6) is 0 Å². The van der Waals surface area contributed by atoms with E-state index in [1.54, 1.807) is 14.2 Å². The molecule has 0 amide bonds. The second kappa shape index (κ2) is 14.0. The Hall–Kier alpha value is -0.653. The van der Waals surface area contributed by atoms with E-state index in [2.05, 4.69) is 13.5 Å². The molecule has 0 aromatic rings. The molecule has 130 valence electrons. The summed E-state index contributed by atoms with van der Waals surface area (Å²) in [4.78, 5) is 10.8. The Morgan fingerprint density at radius 3 is 1.91 bits per heavy atom. The summed E-state index contributed by atoms with van der Waals surface area (Å²) in [6, 6.07) is 2.13. The number of ether oxygens (including phenoxy) is 1. The Balaban J connectivity index is 3.37. The minimum absolute atomic E-state index is 0.321. The van der Waals surface area contributed by atoms with Crippen LogP contribution in [0.15, 0.2) is 12.7 Å². The fourth-order valence-electron chi connectivity index (χ4n) is 2.54. The van der Waals surface area contributed by atoms with Crippen LogP contribution in [-0.2, 0) is 18.4 Å². The molecule has 0 aliphatic rings. The van der Waals surface area contributed by atoms with Crippen molar-refractivity contribution < 1.29 is 18.4 Å². The van der Waals surface area contributed by atoms with E-state index in [0.29, 0.717) is 6.61 Å². The van der Waals surface area contributed by atoms with Gasteiger partial charge in [0.15, 0.2) is 0 Å². The summed E-state index contributed by atoms with van der Waals surface area (Å²) in [5.74, 6) is -0.321. The van der Waals surface area contributed by atoms with E-state index in [1.807, 2.05) is 0 Å². The molecule has 0 aliphatic carbocycles. The lowest BCUT2D eigenvalue weighted by Gasteiger charge is -2.25. The van der Waals surface area contributed by atoms with Crippen molar-refractivity contribution in [1.82, 2.24) is 0 Å². The zero-order valence-corrected chi connectivity index (χ0v) is 15.7. The lowest BCUT2D eigenvalue weighted by atomic mass is 10.1. The molecular formula is C17H34O4Si. The maximum absolute atomic E-state index is 10.8. The summed E-state index contributed by atoms with van der Waals surface area (Å²) in [6.45, 7) is 6.04. The van der Waals surface area contributed by atoms with E-state index >= 15 is 0 Å². The first-order chi connectivity index (χ1) is 10.6. The largest absolute Gasteiger partial charge is 0.463 e. The third-order valence-corrected chi connectivity index (χ3v) is 7.83. The Morgan fingerprint density at radius 2 is 1.45 bits per heavy atom. The van der Waals surface area contributed by atoms with Crippen molar-refractivity contribution in [3.05, 3.63) is 12.7 Å².